The van der Waals surface area contributed by atoms with Gasteiger partial charge in [0.25, 0.3) is 0 Å². The smallest absolute Gasteiger partial charge is 0.319 e. The minimum atomic E-state index is -0.324. The quantitative estimate of drug-likeness (QED) is 0.791. The molecule has 5 heteroatoms. The monoisotopic (exact) mass is 311 g/mol. The molecule has 3 N–H and O–H groups in total. The molecule has 0 aromatic heterocycles. The van der Waals surface area contributed by atoms with Crippen LogP contribution in [-0.4, -0.2) is 18.5 Å². The molecule has 23 heavy (non-hydrogen) atoms. The highest BCUT2D eigenvalue weighted by Gasteiger charge is 2.05. The van der Waals surface area contributed by atoms with Crippen molar-refractivity contribution in [1.29, 1.82) is 0 Å². The number of nitrogens with one attached hydrogen (secondary N) is 3. The molecule has 0 fully saturated rings. The van der Waals surface area contributed by atoms with Gasteiger partial charge in [-0.2, -0.15) is 0 Å². The predicted octanol–water partition coefficient (Wildman–Crippen LogP) is 3.45. The molecule has 0 unspecified atom stereocenters. The van der Waals surface area contributed by atoms with E-state index < -0.39 is 0 Å². The van der Waals surface area contributed by atoms with E-state index >= 15 is 0 Å². The van der Waals surface area contributed by atoms with Gasteiger partial charge in [0.15, 0.2) is 0 Å². The van der Waals surface area contributed by atoms with Crippen LogP contribution in [0, 0.1) is 13.8 Å². The summed E-state index contributed by atoms with van der Waals surface area (Å²) in [6.45, 7) is 4.24. The molecule has 0 heterocycles. The average Bonchev–Trinajstić information content (AvgIpc) is 2.47. The third-order valence-corrected chi connectivity index (χ3v) is 3.17. The minimum absolute atomic E-state index is 0.130. The topological polar surface area (TPSA) is 70.2 Å². The summed E-state index contributed by atoms with van der Waals surface area (Å²) in [5.74, 6) is -0.130. The van der Waals surface area contributed by atoms with E-state index in [-0.39, 0.29) is 24.9 Å². The SMILES string of the molecule is Cc1cc(C)cc(NC(=O)CCNC(=O)Nc2ccccc2)c1. The second-order valence-corrected chi connectivity index (χ2v) is 5.42. The van der Waals surface area contributed by atoms with Gasteiger partial charge in [-0.05, 0) is 49.2 Å². The molecule has 0 saturated carbocycles. The summed E-state index contributed by atoms with van der Waals surface area (Å²) >= 11 is 0. The number of benzene rings is 2. The van der Waals surface area contributed by atoms with Gasteiger partial charge in [-0.25, -0.2) is 4.79 Å². The minimum Gasteiger partial charge on any atom is -0.337 e. The molecule has 0 spiro atoms. The Bertz CT molecular complexity index is 664. The first-order valence-electron chi connectivity index (χ1n) is 7.51. The van der Waals surface area contributed by atoms with Crippen LogP contribution >= 0.6 is 0 Å². The fourth-order valence-electron chi connectivity index (χ4n) is 2.26. The summed E-state index contributed by atoms with van der Waals surface area (Å²) in [6.07, 6.45) is 0.217. The van der Waals surface area contributed by atoms with Crippen molar-refractivity contribution in [1.82, 2.24) is 5.32 Å². The van der Waals surface area contributed by atoms with Gasteiger partial charge in [-0.1, -0.05) is 24.3 Å². The zero-order chi connectivity index (χ0) is 16.7. The Kier molecular flexibility index (Phi) is 5.74. The molecule has 0 aliphatic carbocycles. The second-order valence-electron chi connectivity index (χ2n) is 5.42. The number of anilines is 2. The lowest BCUT2D eigenvalue weighted by Crippen LogP contribution is -2.31. The van der Waals surface area contributed by atoms with Crippen LogP contribution in [0.15, 0.2) is 48.5 Å². The van der Waals surface area contributed by atoms with Gasteiger partial charge in [0, 0.05) is 24.3 Å². The summed E-state index contributed by atoms with van der Waals surface area (Å²) in [5.41, 5.74) is 3.69. The van der Waals surface area contributed by atoms with Crippen LogP contribution in [0.4, 0.5) is 16.2 Å². The number of rotatable bonds is 5. The largest absolute Gasteiger partial charge is 0.337 e. The molecule has 0 aliphatic heterocycles. The molecule has 5 nitrogen and oxygen atoms in total. The van der Waals surface area contributed by atoms with Crippen molar-refractivity contribution in [3.05, 3.63) is 59.7 Å². The Morgan fingerprint density at radius 2 is 1.52 bits per heavy atom. The number of carbonyl (C=O) groups is 2. The van der Waals surface area contributed by atoms with Crippen molar-refractivity contribution < 1.29 is 9.59 Å². The molecular formula is C18H21N3O2. The van der Waals surface area contributed by atoms with E-state index in [1.807, 2.05) is 50.2 Å². The zero-order valence-electron chi connectivity index (χ0n) is 13.3. The number of hydrogen-bond acceptors (Lipinski definition) is 2. The maximum Gasteiger partial charge on any atom is 0.319 e. The van der Waals surface area contributed by atoms with E-state index in [0.29, 0.717) is 5.69 Å². The van der Waals surface area contributed by atoms with E-state index in [9.17, 15) is 9.59 Å². The summed E-state index contributed by atoms with van der Waals surface area (Å²) in [7, 11) is 0. The summed E-state index contributed by atoms with van der Waals surface area (Å²) in [5, 5.41) is 8.19. The van der Waals surface area contributed by atoms with Crippen LogP contribution in [0.25, 0.3) is 0 Å². The summed E-state index contributed by atoms with van der Waals surface area (Å²) < 4.78 is 0. The molecule has 2 aromatic carbocycles. The molecule has 120 valence electrons. The number of aryl methyl sites for hydroxylation is 2. The maximum absolute atomic E-state index is 11.9. The fraction of sp³-hybridized carbons (Fsp3) is 0.222. The highest BCUT2D eigenvalue weighted by Crippen LogP contribution is 2.13. The highest BCUT2D eigenvalue weighted by molar-refractivity contribution is 5.92. The van der Waals surface area contributed by atoms with Crippen LogP contribution in [0.3, 0.4) is 0 Å². The maximum atomic E-state index is 11.9. The number of urea groups is 1. The molecule has 0 atom stereocenters. The molecule has 0 saturated heterocycles. The van der Waals surface area contributed by atoms with Gasteiger partial charge in [-0.3, -0.25) is 4.79 Å². The Balaban J connectivity index is 1.73. The third-order valence-electron chi connectivity index (χ3n) is 3.17. The van der Waals surface area contributed by atoms with Gasteiger partial charge in [0.2, 0.25) is 5.91 Å². The van der Waals surface area contributed by atoms with E-state index in [2.05, 4.69) is 16.0 Å². The zero-order valence-corrected chi connectivity index (χ0v) is 13.3. The molecule has 2 rings (SSSR count). The lowest BCUT2D eigenvalue weighted by molar-refractivity contribution is -0.116. The first-order valence-corrected chi connectivity index (χ1v) is 7.51. The predicted molar refractivity (Wildman–Crippen MR) is 92.6 cm³/mol. The Labute approximate surface area is 136 Å². The van der Waals surface area contributed by atoms with Crippen molar-refractivity contribution in [3.63, 3.8) is 0 Å². The van der Waals surface area contributed by atoms with Crippen molar-refractivity contribution >= 4 is 23.3 Å². The Morgan fingerprint density at radius 3 is 2.17 bits per heavy atom. The van der Waals surface area contributed by atoms with Crippen LogP contribution in [0.1, 0.15) is 17.5 Å². The van der Waals surface area contributed by atoms with Crippen molar-refractivity contribution in [2.24, 2.45) is 0 Å². The molecule has 2 aromatic rings. The van der Waals surface area contributed by atoms with Gasteiger partial charge < -0.3 is 16.0 Å². The van der Waals surface area contributed by atoms with Crippen LogP contribution < -0.4 is 16.0 Å². The molecule has 0 bridgehead atoms. The third kappa shape index (κ3) is 5.82. The first kappa shape index (κ1) is 16.5. The average molecular weight is 311 g/mol. The molecular weight excluding hydrogens is 290 g/mol. The number of hydrogen-bond donors (Lipinski definition) is 3. The van der Waals surface area contributed by atoms with E-state index in [0.717, 1.165) is 16.8 Å². The van der Waals surface area contributed by atoms with Crippen molar-refractivity contribution in [2.75, 3.05) is 17.2 Å². The standard InChI is InChI=1S/C18H21N3O2/c1-13-10-14(2)12-16(11-13)20-17(22)8-9-19-18(23)21-15-6-4-3-5-7-15/h3-7,10-12H,8-9H2,1-2H3,(H,20,22)(H2,19,21,23). The van der Waals surface area contributed by atoms with Crippen molar-refractivity contribution in [3.8, 4) is 0 Å². The van der Waals surface area contributed by atoms with Crippen LogP contribution in [0.2, 0.25) is 0 Å². The number of amides is 3. The molecule has 0 radical (unpaired) electrons. The molecule has 3 amide bonds. The lowest BCUT2D eigenvalue weighted by Gasteiger charge is -2.09. The Hall–Kier alpha value is -2.82. The second kappa shape index (κ2) is 7.98. The normalized spacial score (nSPS) is 10.0. The van der Waals surface area contributed by atoms with Gasteiger partial charge in [-0.15, -0.1) is 0 Å². The first-order chi connectivity index (χ1) is 11.0. The van der Waals surface area contributed by atoms with Gasteiger partial charge in [0.05, 0.1) is 0 Å². The fourth-order valence-corrected chi connectivity index (χ4v) is 2.26. The molecule has 0 aliphatic rings. The van der Waals surface area contributed by atoms with E-state index in [4.69, 9.17) is 0 Å². The van der Waals surface area contributed by atoms with Crippen LogP contribution in [-0.2, 0) is 4.79 Å². The number of carbonyl (C=O) groups excluding carboxylic acids is 2. The van der Waals surface area contributed by atoms with Crippen molar-refractivity contribution in [2.45, 2.75) is 20.3 Å². The van der Waals surface area contributed by atoms with Gasteiger partial charge in [0.1, 0.15) is 0 Å². The summed E-state index contributed by atoms with van der Waals surface area (Å²) in [4.78, 5) is 23.6. The lowest BCUT2D eigenvalue weighted by atomic mass is 10.1. The summed E-state index contributed by atoms with van der Waals surface area (Å²) in [6, 6.07) is 14.7. The van der Waals surface area contributed by atoms with E-state index in [1.54, 1.807) is 12.1 Å². The van der Waals surface area contributed by atoms with Crippen LogP contribution in [0.5, 0.6) is 0 Å². The number of para-hydroxylation sites is 1. The highest BCUT2D eigenvalue weighted by atomic mass is 16.2. The van der Waals surface area contributed by atoms with E-state index in [1.165, 1.54) is 0 Å². The van der Waals surface area contributed by atoms with Gasteiger partial charge >= 0.3 is 6.03 Å². The Morgan fingerprint density at radius 1 is 0.870 bits per heavy atom.